The number of ketones is 1. The minimum Gasteiger partial charge on any atom is -0.483 e. The van der Waals surface area contributed by atoms with E-state index in [9.17, 15) is 14.0 Å². The third-order valence-corrected chi connectivity index (χ3v) is 3.61. The molecule has 6 heteroatoms. The second-order valence-electron chi connectivity index (χ2n) is 5.22. The lowest BCUT2D eigenvalue weighted by atomic mass is 10.1. The van der Waals surface area contributed by atoms with Gasteiger partial charge in [0.1, 0.15) is 11.6 Å². The van der Waals surface area contributed by atoms with Crippen LogP contribution in [0.25, 0.3) is 0 Å². The van der Waals surface area contributed by atoms with Crippen LogP contribution in [0.2, 0.25) is 5.02 Å². The Bertz CT molecular complexity index is 777. The Balaban J connectivity index is 2.03. The van der Waals surface area contributed by atoms with E-state index in [0.29, 0.717) is 28.3 Å². The van der Waals surface area contributed by atoms with Crippen molar-refractivity contribution >= 4 is 29.0 Å². The molecule has 0 aliphatic heterocycles. The lowest BCUT2D eigenvalue weighted by molar-refractivity contribution is -0.118. The molecule has 0 heterocycles. The summed E-state index contributed by atoms with van der Waals surface area (Å²) < 4.78 is 18.9. The van der Waals surface area contributed by atoms with E-state index >= 15 is 0 Å². The molecule has 2 aromatic rings. The predicted octanol–water partition coefficient (Wildman–Crippen LogP) is 4.40. The summed E-state index contributed by atoms with van der Waals surface area (Å²) in [6, 6.07) is 9.05. The number of anilines is 1. The monoisotopic (exact) mass is 349 g/mol. The van der Waals surface area contributed by atoms with Crippen LogP contribution in [0.3, 0.4) is 0 Å². The minimum absolute atomic E-state index is 0.131. The lowest BCUT2D eigenvalue weighted by Gasteiger charge is -2.11. The van der Waals surface area contributed by atoms with E-state index in [0.717, 1.165) is 0 Å². The van der Waals surface area contributed by atoms with Gasteiger partial charge >= 0.3 is 0 Å². The fraction of sp³-hybridized carbons (Fsp3) is 0.222. The Kier molecular flexibility index (Phi) is 5.93. The van der Waals surface area contributed by atoms with Crippen molar-refractivity contribution in [2.24, 2.45) is 0 Å². The maximum absolute atomic E-state index is 13.5. The molecule has 0 saturated heterocycles. The van der Waals surface area contributed by atoms with Crippen LogP contribution in [0.5, 0.6) is 5.75 Å². The summed E-state index contributed by atoms with van der Waals surface area (Å²) in [6.07, 6.45) is 0.297. The Morgan fingerprint density at radius 2 is 1.96 bits per heavy atom. The molecule has 1 amide bonds. The summed E-state index contributed by atoms with van der Waals surface area (Å²) in [5, 5.41) is 2.95. The number of carbonyl (C=O) groups excluding carboxylic acids is 2. The molecule has 0 atom stereocenters. The van der Waals surface area contributed by atoms with E-state index in [4.69, 9.17) is 16.3 Å². The highest BCUT2D eigenvalue weighted by Gasteiger charge is 2.13. The molecule has 0 fully saturated rings. The number of rotatable bonds is 6. The molecule has 0 aliphatic carbocycles. The molecule has 126 valence electrons. The SMILES string of the molecule is CCC(=O)c1cc(Cl)ccc1OCC(=O)Nc1ccc(C)c(F)c1. The Labute approximate surface area is 144 Å². The number of nitrogens with one attached hydrogen (secondary N) is 1. The first-order chi connectivity index (χ1) is 11.4. The summed E-state index contributed by atoms with van der Waals surface area (Å²) in [5.41, 5.74) is 1.17. The summed E-state index contributed by atoms with van der Waals surface area (Å²) >= 11 is 5.89. The van der Waals surface area contributed by atoms with Crippen molar-refractivity contribution in [3.8, 4) is 5.75 Å². The smallest absolute Gasteiger partial charge is 0.262 e. The molecule has 4 nitrogen and oxygen atoms in total. The molecular weight excluding hydrogens is 333 g/mol. The van der Waals surface area contributed by atoms with Gasteiger partial charge in [-0.25, -0.2) is 4.39 Å². The molecule has 0 unspecified atom stereocenters. The third kappa shape index (κ3) is 4.55. The van der Waals surface area contributed by atoms with Crippen LogP contribution in [0, 0.1) is 12.7 Å². The minimum atomic E-state index is -0.455. The second kappa shape index (κ2) is 7.93. The first-order valence-corrected chi connectivity index (χ1v) is 7.80. The van der Waals surface area contributed by atoms with Gasteiger partial charge in [-0.15, -0.1) is 0 Å². The van der Waals surface area contributed by atoms with Gasteiger partial charge in [0.15, 0.2) is 12.4 Å². The molecule has 24 heavy (non-hydrogen) atoms. The highest BCUT2D eigenvalue weighted by molar-refractivity contribution is 6.31. The number of hydrogen-bond acceptors (Lipinski definition) is 3. The number of hydrogen-bond donors (Lipinski definition) is 1. The van der Waals surface area contributed by atoms with E-state index in [-0.39, 0.29) is 18.1 Å². The lowest BCUT2D eigenvalue weighted by Crippen LogP contribution is -2.21. The van der Waals surface area contributed by atoms with Crippen LogP contribution in [-0.2, 0) is 4.79 Å². The number of aryl methyl sites for hydroxylation is 1. The van der Waals surface area contributed by atoms with Crippen molar-refractivity contribution in [3.63, 3.8) is 0 Å². The van der Waals surface area contributed by atoms with Crippen molar-refractivity contribution in [2.75, 3.05) is 11.9 Å². The largest absolute Gasteiger partial charge is 0.483 e. The van der Waals surface area contributed by atoms with E-state index in [1.165, 1.54) is 12.1 Å². The van der Waals surface area contributed by atoms with Crippen LogP contribution >= 0.6 is 11.6 Å². The highest BCUT2D eigenvalue weighted by Crippen LogP contribution is 2.24. The van der Waals surface area contributed by atoms with Gasteiger partial charge in [0.05, 0.1) is 5.56 Å². The number of Topliss-reactive ketones (excluding diaryl/α,β-unsaturated/α-hetero) is 1. The zero-order valence-corrected chi connectivity index (χ0v) is 14.1. The van der Waals surface area contributed by atoms with Crippen LogP contribution in [0.15, 0.2) is 36.4 Å². The first kappa shape index (κ1) is 17.9. The molecule has 0 aliphatic rings. The Morgan fingerprint density at radius 3 is 2.62 bits per heavy atom. The van der Waals surface area contributed by atoms with Crippen LogP contribution < -0.4 is 10.1 Å². The predicted molar refractivity (Wildman–Crippen MR) is 91.3 cm³/mol. The van der Waals surface area contributed by atoms with Crippen molar-refractivity contribution in [1.29, 1.82) is 0 Å². The molecule has 0 bridgehead atoms. The molecule has 0 spiro atoms. The zero-order valence-electron chi connectivity index (χ0n) is 13.4. The van der Waals surface area contributed by atoms with E-state index in [2.05, 4.69) is 5.32 Å². The van der Waals surface area contributed by atoms with Crippen molar-refractivity contribution < 1.29 is 18.7 Å². The molecule has 0 saturated carbocycles. The van der Waals surface area contributed by atoms with Crippen molar-refractivity contribution in [3.05, 3.63) is 58.4 Å². The van der Waals surface area contributed by atoms with Gasteiger partial charge in [-0.3, -0.25) is 9.59 Å². The molecular formula is C18H17ClFNO3. The normalized spacial score (nSPS) is 10.3. The summed E-state index contributed by atoms with van der Waals surface area (Å²) in [6.45, 7) is 3.06. The number of amides is 1. The standard InChI is InChI=1S/C18H17ClFNO3/c1-3-16(22)14-8-12(19)5-7-17(14)24-10-18(23)21-13-6-4-11(2)15(20)9-13/h4-9H,3,10H2,1-2H3,(H,21,23). The molecule has 2 rings (SSSR count). The summed E-state index contributed by atoms with van der Waals surface area (Å²) in [4.78, 5) is 23.8. The van der Waals surface area contributed by atoms with Gasteiger partial charge in [-0.1, -0.05) is 24.6 Å². The summed E-state index contributed by atoms with van der Waals surface area (Å²) in [5.74, 6) is -0.699. The van der Waals surface area contributed by atoms with Crippen LogP contribution in [0.4, 0.5) is 10.1 Å². The maximum Gasteiger partial charge on any atom is 0.262 e. The Morgan fingerprint density at radius 1 is 1.21 bits per heavy atom. The molecule has 1 N–H and O–H groups in total. The van der Waals surface area contributed by atoms with Crippen molar-refractivity contribution in [2.45, 2.75) is 20.3 Å². The van der Waals surface area contributed by atoms with Crippen molar-refractivity contribution in [1.82, 2.24) is 0 Å². The molecule has 0 radical (unpaired) electrons. The average Bonchev–Trinajstić information content (AvgIpc) is 2.56. The van der Waals surface area contributed by atoms with Gasteiger partial charge in [0, 0.05) is 17.1 Å². The number of ether oxygens (including phenoxy) is 1. The van der Waals surface area contributed by atoms with Gasteiger partial charge in [-0.2, -0.15) is 0 Å². The quantitative estimate of drug-likeness (QED) is 0.786. The van der Waals surface area contributed by atoms with Gasteiger partial charge in [0.25, 0.3) is 5.91 Å². The van der Waals surface area contributed by atoms with Gasteiger partial charge < -0.3 is 10.1 Å². The number of carbonyl (C=O) groups is 2. The number of halogens is 2. The van der Waals surface area contributed by atoms with E-state index in [1.807, 2.05) is 0 Å². The fourth-order valence-corrected chi connectivity index (χ4v) is 2.22. The second-order valence-corrected chi connectivity index (χ2v) is 5.65. The van der Waals surface area contributed by atoms with E-state index < -0.39 is 11.7 Å². The fourth-order valence-electron chi connectivity index (χ4n) is 2.05. The number of benzene rings is 2. The average molecular weight is 350 g/mol. The topological polar surface area (TPSA) is 55.4 Å². The van der Waals surface area contributed by atoms with Crippen LogP contribution in [0.1, 0.15) is 29.3 Å². The Hall–Kier alpha value is -2.40. The first-order valence-electron chi connectivity index (χ1n) is 7.42. The maximum atomic E-state index is 13.5. The molecule has 0 aromatic heterocycles. The van der Waals surface area contributed by atoms with E-state index in [1.54, 1.807) is 38.1 Å². The van der Waals surface area contributed by atoms with Gasteiger partial charge in [0.2, 0.25) is 0 Å². The van der Waals surface area contributed by atoms with Crippen LogP contribution in [-0.4, -0.2) is 18.3 Å². The highest BCUT2D eigenvalue weighted by atomic mass is 35.5. The molecule has 2 aromatic carbocycles. The zero-order chi connectivity index (χ0) is 17.7. The van der Waals surface area contributed by atoms with Gasteiger partial charge in [-0.05, 0) is 42.8 Å². The summed E-state index contributed by atoms with van der Waals surface area (Å²) in [7, 11) is 0. The third-order valence-electron chi connectivity index (χ3n) is 3.38.